The second-order valence-electron chi connectivity index (χ2n) is 10.9. The number of urea groups is 1. The number of amides is 5. The van der Waals surface area contributed by atoms with Gasteiger partial charge in [0.15, 0.2) is 0 Å². The minimum atomic E-state index is -1.03. The van der Waals surface area contributed by atoms with Crippen molar-refractivity contribution in [3.63, 3.8) is 0 Å². The number of hydrogen-bond donors (Lipinski definition) is 0. The first-order valence-corrected chi connectivity index (χ1v) is 14.8. The third-order valence-corrected chi connectivity index (χ3v) is 8.73. The number of halogens is 2. The maximum absolute atomic E-state index is 13.9. The van der Waals surface area contributed by atoms with Gasteiger partial charge >= 0.3 is 17.8 Å². The number of carbonyl (C=O) groups is 4. The molecule has 2 heterocycles. The van der Waals surface area contributed by atoms with Crippen molar-refractivity contribution >= 4 is 58.7 Å². The summed E-state index contributed by atoms with van der Waals surface area (Å²) >= 11 is 12.3. The molecule has 2 aliphatic heterocycles. The van der Waals surface area contributed by atoms with Gasteiger partial charge in [0.2, 0.25) is 0 Å². The number of hydrazone groups is 1. The van der Waals surface area contributed by atoms with E-state index in [1.54, 1.807) is 43.3 Å². The van der Waals surface area contributed by atoms with Gasteiger partial charge < -0.3 is 0 Å². The number of fused-ring (bicyclic) bond motifs is 1. The Kier molecular flexibility index (Phi) is 7.90. The molecule has 5 amide bonds. The Morgan fingerprint density at radius 3 is 2.26 bits per heavy atom. The quantitative estimate of drug-likeness (QED) is 0.229. The van der Waals surface area contributed by atoms with Crippen LogP contribution in [0.2, 0.25) is 10.0 Å². The highest BCUT2D eigenvalue weighted by Gasteiger charge is 2.50. The molecule has 3 atom stereocenters. The predicted octanol–water partition coefficient (Wildman–Crippen LogP) is 6.67. The van der Waals surface area contributed by atoms with Crippen LogP contribution in [-0.4, -0.2) is 50.8 Å². The van der Waals surface area contributed by atoms with Crippen LogP contribution in [0.4, 0.5) is 4.79 Å². The normalized spacial score (nSPS) is 21.8. The Morgan fingerprint density at radius 2 is 1.58 bits per heavy atom. The molecular formula is C33H28Cl2N4O4. The zero-order valence-corrected chi connectivity index (χ0v) is 24.8. The Labute approximate surface area is 259 Å². The van der Waals surface area contributed by atoms with Crippen LogP contribution >= 0.6 is 23.2 Å². The first-order chi connectivity index (χ1) is 20.7. The molecule has 218 valence electrons. The van der Waals surface area contributed by atoms with Crippen molar-refractivity contribution in [1.82, 2.24) is 14.8 Å². The summed E-state index contributed by atoms with van der Waals surface area (Å²) in [6.45, 7) is 1.07. The fourth-order valence-corrected chi connectivity index (χ4v) is 6.30. The van der Waals surface area contributed by atoms with Crippen LogP contribution < -0.4 is 0 Å². The number of hydrogen-bond acceptors (Lipinski definition) is 5. The van der Waals surface area contributed by atoms with Gasteiger partial charge in [-0.3, -0.25) is 14.4 Å². The van der Waals surface area contributed by atoms with E-state index in [9.17, 15) is 19.2 Å². The summed E-state index contributed by atoms with van der Waals surface area (Å²) in [4.78, 5) is 54.9. The summed E-state index contributed by atoms with van der Waals surface area (Å²) in [6, 6.07) is 21.7. The molecule has 6 rings (SSSR count). The number of imide groups is 2. The molecule has 3 aromatic rings. The van der Waals surface area contributed by atoms with E-state index in [0.29, 0.717) is 15.6 Å². The number of benzene rings is 3. The molecule has 3 unspecified atom stereocenters. The van der Waals surface area contributed by atoms with Crippen molar-refractivity contribution in [2.75, 3.05) is 6.54 Å². The molecule has 0 bridgehead atoms. The SMILES string of the molecule is CC(c1ccccc1)N1C(=O)C(=O)N(CC(=O)N2N=C3/C(=C\c4ccc(Cl)cc4)CCCC3C2c2ccc(Cl)cc2)C1=O. The lowest BCUT2D eigenvalue weighted by Gasteiger charge is -2.30. The molecule has 43 heavy (non-hydrogen) atoms. The average molecular weight is 616 g/mol. The topological polar surface area (TPSA) is 90.4 Å². The summed E-state index contributed by atoms with van der Waals surface area (Å²) in [5.74, 6) is -2.65. The largest absolute Gasteiger partial charge is 0.335 e. The highest BCUT2D eigenvalue weighted by molar-refractivity contribution is 6.45. The fourth-order valence-electron chi connectivity index (χ4n) is 6.05. The Balaban J connectivity index is 1.31. The van der Waals surface area contributed by atoms with Gasteiger partial charge in [0.25, 0.3) is 5.91 Å². The van der Waals surface area contributed by atoms with Gasteiger partial charge in [-0.1, -0.05) is 77.8 Å². The van der Waals surface area contributed by atoms with E-state index < -0.39 is 42.4 Å². The summed E-state index contributed by atoms with van der Waals surface area (Å²) < 4.78 is 0. The van der Waals surface area contributed by atoms with Crippen molar-refractivity contribution < 1.29 is 19.2 Å². The Morgan fingerprint density at radius 1 is 0.930 bits per heavy atom. The molecule has 8 nitrogen and oxygen atoms in total. The van der Waals surface area contributed by atoms with Crippen molar-refractivity contribution in [1.29, 1.82) is 0 Å². The average Bonchev–Trinajstić information content (AvgIpc) is 3.50. The predicted molar refractivity (Wildman–Crippen MR) is 164 cm³/mol. The van der Waals surface area contributed by atoms with Gasteiger partial charge in [0, 0.05) is 16.0 Å². The third kappa shape index (κ3) is 5.48. The molecule has 1 aliphatic carbocycles. The minimum Gasteiger partial charge on any atom is -0.271 e. The smallest absolute Gasteiger partial charge is 0.271 e. The third-order valence-electron chi connectivity index (χ3n) is 8.23. The van der Waals surface area contributed by atoms with Gasteiger partial charge in [-0.15, -0.1) is 0 Å². The zero-order valence-electron chi connectivity index (χ0n) is 23.3. The van der Waals surface area contributed by atoms with Crippen LogP contribution in [0.15, 0.2) is 89.5 Å². The van der Waals surface area contributed by atoms with Crippen LogP contribution in [-0.2, 0) is 14.4 Å². The van der Waals surface area contributed by atoms with E-state index in [1.807, 2.05) is 42.5 Å². The van der Waals surface area contributed by atoms with Crippen molar-refractivity contribution in [2.45, 2.75) is 38.3 Å². The van der Waals surface area contributed by atoms with Crippen LogP contribution in [0.3, 0.4) is 0 Å². The number of nitrogens with zero attached hydrogens (tertiary/aromatic N) is 4. The standard InChI is InChI=1S/C33H28Cl2N4O4/c1-20(22-6-3-2-4-7-22)38-32(42)31(41)37(33(38)43)19-28(40)39-30(23-12-16-26(35)17-13-23)27-9-5-8-24(29(27)36-39)18-21-10-14-25(34)15-11-21/h2-4,6-7,10-18,20,27,30H,5,8-9,19H2,1H3/b24-18-. The van der Waals surface area contributed by atoms with E-state index in [1.165, 1.54) is 5.01 Å². The molecule has 1 saturated carbocycles. The molecule has 10 heteroatoms. The fraction of sp³-hybridized carbons (Fsp3) is 0.242. The first-order valence-electron chi connectivity index (χ1n) is 14.1. The van der Waals surface area contributed by atoms with E-state index in [0.717, 1.165) is 51.5 Å². The minimum absolute atomic E-state index is 0.0985. The lowest BCUT2D eigenvalue weighted by Crippen LogP contribution is -2.43. The molecular weight excluding hydrogens is 587 g/mol. The molecule has 0 radical (unpaired) electrons. The maximum Gasteiger partial charge on any atom is 0.335 e. The van der Waals surface area contributed by atoms with E-state index in [4.69, 9.17) is 28.3 Å². The van der Waals surface area contributed by atoms with Crippen molar-refractivity contribution in [3.8, 4) is 0 Å². The molecule has 3 aromatic carbocycles. The first kappa shape index (κ1) is 28.8. The van der Waals surface area contributed by atoms with Crippen LogP contribution in [0.25, 0.3) is 6.08 Å². The molecule has 1 saturated heterocycles. The lowest BCUT2D eigenvalue weighted by atomic mass is 9.77. The summed E-state index contributed by atoms with van der Waals surface area (Å²) in [5, 5.41) is 7.40. The molecule has 3 aliphatic rings. The Hall–Kier alpha value is -4.27. The van der Waals surface area contributed by atoms with Crippen molar-refractivity contribution in [2.24, 2.45) is 11.0 Å². The van der Waals surface area contributed by atoms with Gasteiger partial charge in [0.05, 0.1) is 17.8 Å². The van der Waals surface area contributed by atoms with Crippen LogP contribution in [0.1, 0.15) is 55.0 Å². The van der Waals surface area contributed by atoms with Gasteiger partial charge in [-0.05, 0) is 78.8 Å². The second-order valence-corrected chi connectivity index (χ2v) is 11.7. The lowest BCUT2D eigenvalue weighted by molar-refractivity contribution is -0.145. The summed E-state index contributed by atoms with van der Waals surface area (Å²) in [6.07, 6.45) is 4.55. The molecule has 0 spiro atoms. The number of carbonyl (C=O) groups excluding carboxylic acids is 4. The maximum atomic E-state index is 13.9. The van der Waals surface area contributed by atoms with Crippen LogP contribution in [0, 0.1) is 5.92 Å². The zero-order chi connectivity index (χ0) is 30.2. The summed E-state index contributed by atoms with van der Waals surface area (Å²) in [5.41, 5.74) is 4.31. The monoisotopic (exact) mass is 614 g/mol. The highest BCUT2D eigenvalue weighted by Crippen LogP contribution is 2.44. The summed E-state index contributed by atoms with van der Waals surface area (Å²) in [7, 11) is 0. The van der Waals surface area contributed by atoms with Gasteiger partial charge in [0.1, 0.15) is 6.54 Å². The molecule has 0 N–H and O–H groups in total. The highest BCUT2D eigenvalue weighted by atomic mass is 35.5. The number of rotatable bonds is 6. The second kappa shape index (κ2) is 11.8. The van der Waals surface area contributed by atoms with E-state index in [-0.39, 0.29) is 5.92 Å². The van der Waals surface area contributed by atoms with Crippen molar-refractivity contribution in [3.05, 3.63) is 111 Å². The van der Waals surface area contributed by atoms with Crippen LogP contribution in [0.5, 0.6) is 0 Å². The molecule has 0 aromatic heterocycles. The van der Waals surface area contributed by atoms with Gasteiger partial charge in [-0.2, -0.15) is 5.10 Å². The van der Waals surface area contributed by atoms with Gasteiger partial charge in [-0.25, -0.2) is 19.6 Å². The van der Waals surface area contributed by atoms with E-state index in [2.05, 4.69) is 6.08 Å². The van der Waals surface area contributed by atoms with E-state index >= 15 is 0 Å². The molecule has 2 fully saturated rings. The Bertz CT molecular complexity index is 1650. The number of allylic oxidation sites excluding steroid dienone is 1.